The van der Waals surface area contributed by atoms with Crippen LogP contribution in [-0.2, 0) is 16.0 Å². The lowest BCUT2D eigenvalue weighted by Crippen LogP contribution is -2.58. The second kappa shape index (κ2) is 6.21. The molecule has 0 radical (unpaired) electrons. The van der Waals surface area contributed by atoms with Crippen molar-refractivity contribution >= 4 is 22.7 Å². The van der Waals surface area contributed by atoms with Gasteiger partial charge in [-0.05, 0) is 52.2 Å². The van der Waals surface area contributed by atoms with Crippen molar-refractivity contribution in [3.63, 3.8) is 0 Å². The Morgan fingerprint density at radius 2 is 2.04 bits per heavy atom. The molecule has 0 aliphatic carbocycles. The third-order valence-electron chi connectivity index (χ3n) is 4.98. The van der Waals surface area contributed by atoms with Crippen LogP contribution in [0, 0.1) is 0 Å². The molecule has 1 aromatic heterocycles. The molecule has 2 heterocycles. The van der Waals surface area contributed by atoms with Crippen LogP contribution in [0.15, 0.2) is 30.5 Å². The summed E-state index contributed by atoms with van der Waals surface area (Å²) in [5.74, 6) is -0.00354. The zero-order valence-corrected chi connectivity index (χ0v) is 15.5. The van der Waals surface area contributed by atoms with Crippen LogP contribution in [0.3, 0.4) is 0 Å². The van der Waals surface area contributed by atoms with Crippen molar-refractivity contribution in [1.82, 2.24) is 15.2 Å². The monoisotopic (exact) mass is 341 g/mol. The van der Waals surface area contributed by atoms with E-state index in [1.54, 1.807) is 4.90 Å². The van der Waals surface area contributed by atoms with E-state index in [9.17, 15) is 9.59 Å². The molecule has 5 heteroatoms. The summed E-state index contributed by atoms with van der Waals surface area (Å²) in [6.45, 7) is 8.31. The van der Waals surface area contributed by atoms with Gasteiger partial charge >= 0.3 is 0 Å². The fourth-order valence-corrected chi connectivity index (χ4v) is 3.55. The molecule has 2 aromatic rings. The van der Waals surface area contributed by atoms with Crippen molar-refractivity contribution in [3.8, 4) is 0 Å². The highest BCUT2D eigenvalue weighted by molar-refractivity contribution is 5.94. The third kappa shape index (κ3) is 3.41. The smallest absolute Gasteiger partial charge is 0.246 e. The molecule has 1 aromatic carbocycles. The second-order valence-electron chi connectivity index (χ2n) is 8.13. The number of benzene rings is 1. The average Bonchev–Trinajstić information content (AvgIpc) is 3.07. The zero-order chi connectivity index (χ0) is 18.2. The first-order chi connectivity index (χ1) is 11.7. The van der Waals surface area contributed by atoms with Gasteiger partial charge in [-0.2, -0.15) is 0 Å². The van der Waals surface area contributed by atoms with E-state index in [1.807, 2.05) is 52.1 Å². The quantitative estimate of drug-likeness (QED) is 0.898. The molecule has 25 heavy (non-hydrogen) atoms. The van der Waals surface area contributed by atoms with E-state index in [-0.39, 0.29) is 17.4 Å². The Bertz CT molecular complexity index is 803. The Morgan fingerprint density at radius 1 is 1.32 bits per heavy atom. The molecule has 1 aliphatic heterocycles. The number of carbonyl (C=O) groups is 2. The van der Waals surface area contributed by atoms with E-state index < -0.39 is 5.54 Å². The molecule has 2 N–H and O–H groups in total. The highest BCUT2D eigenvalue weighted by Gasteiger charge is 2.47. The molecule has 1 atom stereocenters. The fourth-order valence-electron chi connectivity index (χ4n) is 3.55. The Labute approximate surface area is 148 Å². The molecule has 0 bridgehead atoms. The molecule has 0 saturated carbocycles. The van der Waals surface area contributed by atoms with Crippen LogP contribution < -0.4 is 5.32 Å². The van der Waals surface area contributed by atoms with Gasteiger partial charge in [0.1, 0.15) is 5.54 Å². The van der Waals surface area contributed by atoms with Gasteiger partial charge in [0.2, 0.25) is 11.8 Å². The number of H-pyrrole nitrogens is 1. The number of aromatic amines is 1. The number of hydrogen-bond donors (Lipinski definition) is 2. The number of para-hydroxylation sites is 1. The Balaban J connectivity index is 1.77. The van der Waals surface area contributed by atoms with E-state index in [0.717, 1.165) is 11.9 Å². The van der Waals surface area contributed by atoms with Gasteiger partial charge in [-0.15, -0.1) is 0 Å². The minimum atomic E-state index is -0.767. The molecule has 5 nitrogen and oxygen atoms in total. The first-order valence-corrected chi connectivity index (χ1v) is 8.89. The maximum absolute atomic E-state index is 12.8. The SMILES string of the molecule is CC(C)(C)NC(=O)[C@@]1(C)CCC(=O)N1CCc1c[nH]c2ccccc12. The lowest BCUT2D eigenvalue weighted by molar-refractivity contribution is -0.141. The normalized spacial score (nSPS) is 21.1. The maximum atomic E-state index is 12.8. The van der Waals surface area contributed by atoms with E-state index in [0.29, 0.717) is 19.4 Å². The summed E-state index contributed by atoms with van der Waals surface area (Å²) in [6, 6.07) is 8.14. The van der Waals surface area contributed by atoms with E-state index in [4.69, 9.17) is 0 Å². The van der Waals surface area contributed by atoms with Gasteiger partial charge in [0.15, 0.2) is 0 Å². The van der Waals surface area contributed by atoms with Crippen LogP contribution in [0.2, 0.25) is 0 Å². The molecular weight excluding hydrogens is 314 g/mol. The number of fused-ring (bicyclic) bond motifs is 1. The Kier molecular flexibility index (Phi) is 4.35. The van der Waals surface area contributed by atoms with Gasteiger partial charge < -0.3 is 15.2 Å². The van der Waals surface area contributed by atoms with Crippen molar-refractivity contribution in [2.24, 2.45) is 0 Å². The topological polar surface area (TPSA) is 65.2 Å². The van der Waals surface area contributed by atoms with Crippen LogP contribution in [-0.4, -0.2) is 39.3 Å². The first-order valence-electron chi connectivity index (χ1n) is 8.89. The molecule has 3 rings (SSSR count). The largest absolute Gasteiger partial charge is 0.361 e. The molecule has 134 valence electrons. The summed E-state index contributed by atoms with van der Waals surface area (Å²) in [4.78, 5) is 30.2. The number of rotatable bonds is 4. The summed E-state index contributed by atoms with van der Waals surface area (Å²) in [5, 5.41) is 4.21. The molecule has 1 saturated heterocycles. The number of nitrogens with zero attached hydrogens (tertiary/aromatic N) is 1. The average molecular weight is 341 g/mol. The third-order valence-corrected chi connectivity index (χ3v) is 4.98. The highest BCUT2D eigenvalue weighted by Crippen LogP contribution is 2.31. The molecule has 2 amide bonds. The van der Waals surface area contributed by atoms with Crippen LogP contribution in [0.1, 0.15) is 46.1 Å². The number of carbonyl (C=O) groups excluding carboxylic acids is 2. The van der Waals surface area contributed by atoms with Crippen molar-refractivity contribution in [2.45, 2.75) is 58.0 Å². The van der Waals surface area contributed by atoms with Crippen molar-refractivity contribution in [3.05, 3.63) is 36.0 Å². The van der Waals surface area contributed by atoms with E-state index in [1.165, 1.54) is 10.9 Å². The number of aromatic nitrogens is 1. The van der Waals surface area contributed by atoms with E-state index >= 15 is 0 Å². The Morgan fingerprint density at radius 3 is 2.76 bits per heavy atom. The number of likely N-dealkylation sites (tertiary alicyclic amines) is 1. The predicted octanol–water partition coefficient (Wildman–Crippen LogP) is 3.01. The summed E-state index contributed by atoms with van der Waals surface area (Å²) in [6.07, 6.45) is 3.73. The van der Waals surface area contributed by atoms with Crippen LogP contribution in [0.4, 0.5) is 0 Å². The molecule has 0 unspecified atom stereocenters. The zero-order valence-electron chi connectivity index (χ0n) is 15.5. The summed E-state index contributed by atoms with van der Waals surface area (Å²) < 4.78 is 0. The number of hydrogen-bond acceptors (Lipinski definition) is 2. The van der Waals surface area contributed by atoms with Crippen LogP contribution >= 0.6 is 0 Å². The fraction of sp³-hybridized carbons (Fsp3) is 0.500. The summed E-state index contributed by atoms with van der Waals surface area (Å²) >= 11 is 0. The van der Waals surface area contributed by atoms with Crippen molar-refractivity contribution in [1.29, 1.82) is 0 Å². The number of amides is 2. The lowest BCUT2D eigenvalue weighted by atomic mass is 9.95. The minimum Gasteiger partial charge on any atom is -0.361 e. The van der Waals surface area contributed by atoms with Crippen molar-refractivity contribution < 1.29 is 9.59 Å². The molecule has 1 fully saturated rings. The van der Waals surface area contributed by atoms with Crippen molar-refractivity contribution in [2.75, 3.05) is 6.54 Å². The first kappa shape index (κ1) is 17.5. The maximum Gasteiger partial charge on any atom is 0.246 e. The summed E-state index contributed by atoms with van der Waals surface area (Å²) in [5.41, 5.74) is 1.19. The highest BCUT2D eigenvalue weighted by atomic mass is 16.2. The summed E-state index contributed by atoms with van der Waals surface area (Å²) in [7, 11) is 0. The van der Waals surface area contributed by atoms with Gasteiger partial charge in [-0.1, -0.05) is 18.2 Å². The van der Waals surface area contributed by atoms with Crippen LogP contribution in [0.5, 0.6) is 0 Å². The Hall–Kier alpha value is -2.30. The molecule has 0 spiro atoms. The number of nitrogens with one attached hydrogen (secondary N) is 2. The van der Waals surface area contributed by atoms with Gasteiger partial charge in [-0.3, -0.25) is 9.59 Å². The predicted molar refractivity (Wildman–Crippen MR) is 99.3 cm³/mol. The standard InChI is InChI=1S/C20H27N3O2/c1-19(2,3)22-18(25)20(4)11-9-17(24)23(20)12-10-14-13-21-16-8-6-5-7-15(14)16/h5-8,13,21H,9-12H2,1-4H3,(H,22,25)/t20-/m1/s1. The van der Waals surface area contributed by atoms with Crippen LogP contribution in [0.25, 0.3) is 10.9 Å². The van der Waals surface area contributed by atoms with E-state index in [2.05, 4.69) is 16.4 Å². The lowest BCUT2D eigenvalue weighted by Gasteiger charge is -2.36. The van der Waals surface area contributed by atoms with Gasteiger partial charge in [0.05, 0.1) is 0 Å². The van der Waals surface area contributed by atoms with Gasteiger partial charge in [0.25, 0.3) is 0 Å². The minimum absolute atomic E-state index is 0.0615. The molecular formula is C20H27N3O2. The molecule has 1 aliphatic rings. The van der Waals surface area contributed by atoms with Gasteiger partial charge in [0, 0.05) is 35.6 Å². The van der Waals surface area contributed by atoms with Gasteiger partial charge in [-0.25, -0.2) is 0 Å². The second-order valence-corrected chi connectivity index (χ2v) is 8.13.